The minimum Gasteiger partial charge on any atom is -0.490 e. The second-order valence-corrected chi connectivity index (χ2v) is 6.76. The number of carbonyl (C=O) groups excluding carboxylic acids is 1. The highest BCUT2D eigenvalue weighted by molar-refractivity contribution is 6.30. The number of halogens is 1. The highest BCUT2D eigenvalue weighted by atomic mass is 35.5. The molecular formula is C22H18ClNO5. The fraction of sp³-hybridized carbons (Fsp3) is 0.182. The van der Waals surface area contributed by atoms with E-state index in [0.29, 0.717) is 41.4 Å². The van der Waals surface area contributed by atoms with Gasteiger partial charge in [-0.15, -0.1) is 0 Å². The summed E-state index contributed by atoms with van der Waals surface area (Å²) >= 11 is 5.88. The van der Waals surface area contributed by atoms with Crippen LogP contribution in [0.1, 0.15) is 17.9 Å². The third-order valence-corrected chi connectivity index (χ3v) is 4.46. The number of rotatable bonds is 5. The highest BCUT2D eigenvalue weighted by Crippen LogP contribution is 2.30. The van der Waals surface area contributed by atoms with Crippen LogP contribution in [0.25, 0.3) is 17.4 Å². The highest BCUT2D eigenvalue weighted by Gasteiger charge is 2.11. The second-order valence-electron chi connectivity index (χ2n) is 6.32. The van der Waals surface area contributed by atoms with Gasteiger partial charge in [-0.2, -0.15) is 0 Å². The Bertz CT molecular complexity index is 1030. The zero-order valence-corrected chi connectivity index (χ0v) is 16.2. The topological polar surface area (TPSA) is 70.8 Å². The van der Waals surface area contributed by atoms with Gasteiger partial charge in [0.05, 0.1) is 19.4 Å². The van der Waals surface area contributed by atoms with Crippen LogP contribution in [0, 0.1) is 0 Å². The molecule has 0 amide bonds. The summed E-state index contributed by atoms with van der Waals surface area (Å²) in [6.45, 7) is 1.18. The first-order valence-electron chi connectivity index (χ1n) is 9.12. The van der Waals surface area contributed by atoms with Crippen LogP contribution in [0.3, 0.4) is 0 Å². The number of aromatic nitrogens is 1. The molecule has 0 atom stereocenters. The molecule has 1 aromatic heterocycles. The average molecular weight is 412 g/mol. The Kier molecular flexibility index (Phi) is 5.81. The van der Waals surface area contributed by atoms with Crippen molar-refractivity contribution in [2.75, 3.05) is 13.2 Å². The van der Waals surface area contributed by atoms with Gasteiger partial charge in [0.1, 0.15) is 0 Å². The Morgan fingerprint density at radius 2 is 1.90 bits per heavy atom. The van der Waals surface area contributed by atoms with E-state index in [1.807, 2.05) is 30.3 Å². The maximum absolute atomic E-state index is 12.0. The lowest BCUT2D eigenvalue weighted by molar-refractivity contribution is -0.139. The maximum Gasteiger partial charge on any atom is 0.331 e. The molecule has 2 heterocycles. The van der Waals surface area contributed by atoms with Crippen LogP contribution >= 0.6 is 11.6 Å². The average Bonchev–Trinajstić information content (AvgIpc) is 3.08. The zero-order chi connectivity index (χ0) is 20.1. The van der Waals surface area contributed by atoms with Crippen LogP contribution < -0.4 is 9.47 Å². The fourth-order valence-corrected chi connectivity index (χ4v) is 2.88. The number of esters is 1. The van der Waals surface area contributed by atoms with Gasteiger partial charge in [0, 0.05) is 23.1 Å². The summed E-state index contributed by atoms with van der Waals surface area (Å²) in [5.74, 6) is 1.78. The first-order chi connectivity index (χ1) is 14.2. The van der Waals surface area contributed by atoms with Gasteiger partial charge in [-0.05, 0) is 48.0 Å². The smallest absolute Gasteiger partial charge is 0.331 e. The molecule has 0 aliphatic carbocycles. The summed E-state index contributed by atoms with van der Waals surface area (Å²) in [6, 6.07) is 12.7. The van der Waals surface area contributed by atoms with Gasteiger partial charge in [0.15, 0.2) is 23.9 Å². The van der Waals surface area contributed by atoms with Crippen LogP contribution in [0.4, 0.5) is 0 Å². The van der Waals surface area contributed by atoms with Gasteiger partial charge in [-0.1, -0.05) is 17.7 Å². The van der Waals surface area contributed by atoms with Crippen molar-refractivity contribution in [3.63, 3.8) is 0 Å². The molecule has 0 radical (unpaired) electrons. The second kappa shape index (κ2) is 8.84. The van der Waals surface area contributed by atoms with Gasteiger partial charge in [0.25, 0.3) is 0 Å². The van der Waals surface area contributed by atoms with Crippen molar-refractivity contribution in [1.29, 1.82) is 0 Å². The van der Waals surface area contributed by atoms with E-state index in [1.165, 1.54) is 6.08 Å². The van der Waals surface area contributed by atoms with Gasteiger partial charge in [-0.3, -0.25) is 0 Å². The molecule has 4 rings (SSSR count). The number of hydrogen-bond acceptors (Lipinski definition) is 6. The predicted molar refractivity (Wildman–Crippen MR) is 108 cm³/mol. The molecule has 0 spiro atoms. The molecule has 7 heteroatoms. The van der Waals surface area contributed by atoms with Crippen molar-refractivity contribution < 1.29 is 23.4 Å². The van der Waals surface area contributed by atoms with Gasteiger partial charge in [0.2, 0.25) is 5.89 Å². The SMILES string of the molecule is O=C(/C=C/c1ccc2c(c1)OCCCO2)OCc1ncc(-c2ccc(Cl)cc2)o1. The lowest BCUT2D eigenvalue weighted by Crippen LogP contribution is -2.00. The summed E-state index contributed by atoms with van der Waals surface area (Å²) in [7, 11) is 0. The van der Waals surface area contributed by atoms with E-state index < -0.39 is 5.97 Å². The number of carbonyl (C=O) groups is 1. The fourth-order valence-electron chi connectivity index (χ4n) is 2.75. The number of hydrogen-bond donors (Lipinski definition) is 0. The van der Waals surface area contributed by atoms with Crippen LogP contribution in [-0.4, -0.2) is 24.2 Å². The summed E-state index contributed by atoms with van der Waals surface area (Å²) in [5.41, 5.74) is 1.65. The molecule has 29 heavy (non-hydrogen) atoms. The molecular weight excluding hydrogens is 394 g/mol. The molecule has 0 unspecified atom stereocenters. The lowest BCUT2D eigenvalue weighted by Gasteiger charge is -2.07. The molecule has 0 bridgehead atoms. The largest absolute Gasteiger partial charge is 0.490 e. The first-order valence-corrected chi connectivity index (χ1v) is 9.50. The van der Waals surface area contributed by atoms with Crippen molar-refractivity contribution in [2.24, 2.45) is 0 Å². The Morgan fingerprint density at radius 3 is 2.72 bits per heavy atom. The molecule has 148 valence electrons. The first kappa shape index (κ1) is 19.1. The summed E-state index contributed by atoms with van der Waals surface area (Å²) < 4.78 is 22.0. The molecule has 2 aromatic carbocycles. The van der Waals surface area contributed by atoms with Crippen LogP contribution in [0.5, 0.6) is 11.5 Å². The molecule has 0 saturated carbocycles. The van der Waals surface area contributed by atoms with Crippen molar-refractivity contribution >= 4 is 23.6 Å². The molecule has 3 aromatic rings. The van der Waals surface area contributed by atoms with Crippen molar-refractivity contribution in [2.45, 2.75) is 13.0 Å². The number of ether oxygens (including phenoxy) is 3. The third-order valence-electron chi connectivity index (χ3n) is 4.20. The Labute approximate surface area is 172 Å². The quantitative estimate of drug-likeness (QED) is 0.438. The van der Waals surface area contributed by atoms with Crippen LogP contribution in [0.2, 0.25) is 5.02 Å². The van der Waals surface area contributed by atoms with E-state index in [1.54, 1.807) is 24.4 Å². The van der Waals surface area contributed by atoms with E-state index in [-0.39, 0.29) is 6.61 Å². The number of oxazole rings is 1. The van der Waals surface area contributed by atoms with E-state index in [4.69, 9.17) is 30.2 Å². The van der Waals surface area contributed by atoms with Crippen LogP contribution in [0.15, 0.2) is 59.2 Å². The minimum atomic E-state index is -0.497. The Morgan fingerprint density at radius 1 is 1.10 bits per heavy atom. The summed E-state index contributed by atoms with van der Waals surface area (Å²) in [6.07, 6.45) is 5.43. The normalized spacial score (nSPS) is 13.3. The molecule has 6 nitrogen and oxygen atoms in total. The van der Waals surface area contributed by atoms with Crippen molar-refractivity contribution in [1.82, 2.24) is 4.98 Å². The molecule has 0 fully saturated rings. The Hall–Kier alpha value is -3.25. The Balaban J connectivity index is 1.33. The van der Waals surface area contributed by atoms with Crippen LogP contribution in [-0.2, 0) is 16.1 Å². The lowest BCUT2D eigenvalue weighted by atomic mass is 10.2. The van der Waals surface area contributed by atoms with E-state index in [2.05, 4.69) is 4.98 Å². The number of nitrogens with zero attached hydrogens (tertiary/aromatic N) is 1. The van der Waals surface area contributed by atoms with Gasteiger partial charge >= 0.3 is 5.97 Å². The summed E-state index contributed by atoms with van der Waals surface area (Å²) in [5, 5.41) is 0.641. The molecule has 0 N–H and O–H groups in total. The monoisotopic (exact) mass is 411 g/mol. The standard InChI is InChI=1S/C22H18ClNO5/c23-17-6-4-16(5-7-17)20-13-24-21(29-20)14-28-22(25)9-3-15-2-8-18-19(12-15)27-11-1-10-26-18/h2-9,12-13H,1,10-11,14H2/b9-3+. The number of fused-ring (bicyclic) bond motifs is 1. The predicted octanol–water partition coefficient (Wildman–Crippen LogP) is 4.91. The van der Waals surface area contributed by atoms with Gasteiger partial charge < -0.3 is 18.6 Å². The number of benzene rings is 2. The summed E-state index contributed by atoms with van der Waals surface area (Å²) in [4.78, 5) is 16.1. The van der Waals surface area contributed by atoms with E-state index in [0.717, 1.165) is 17.5 Å². The molecule has 0 saturated heterocycles. The maximum atomic E-state index is 12.0. The van der Waals surface area contributed by atoms with E-state index >= 15 is 0 Å². The van der Waals surface area contributed by atoms with E-state index in [9.17, 15) is 4.79 Å². The van der Waals surface area contributed by atoms with Crippen molar-refractivity contribution in [3.8, 4) is 22.8 Å². The van der Waals surface area contributed by atoms with Gasteiger partial charge in [-0.25, -0.2) is 9.78 Å². The molecule has 1 aliphatic rings. The third kappa shape index (κ3) is 4.97. The minimum absolute atomic E-state index is 0.0576. The van der Waals surface area contributed by atoms with Crippen molar-refractivity contribution in [3.05, 3.63) is 71.2 Å². The molecule has 1 aliphatic heterocycles. The zero-order valence-electron chi connectivity index (χ0n) is 15.5.